The Kier molecular flexibility index (Phi) is 3.73. The Morgan fingerprint density at radius 2 is 1.75 bits per heavy atom. The Hall–Kier alpha value is -1.32. The van der Waals surface area contributed by atoms with Gasteiger partial charge in [-0.15, -0.1) is 0 Å². The van der Waals surface area contributed by atoms with Crippen molar-refractivity contribution in [1.82, 2.24) is 0 Å². The van der Waals surface area contributed by atoms with Crippen LogP contribution in [0.2, 0.25) is 0 Å². The summed E-state index contributed by atoms with van der Waals surface area (Å²) in [6, 6.07) is 4.95. The predicted octanol–water partition coefficient (Wildman–Crippen LogP) is 3.79. The van der Waals surface area contributed by atoms with Crippen molar-refractivity contribution in [2.75, 3.05) is 0 Å². The van der Waals surface area contributed by atoms with Gasteiger partial charge in [-0.3, -0.25) is 0 Å². The molecule has 16 heavy (non-hydrogen) atoms. The summed E-state index contributed by atoms with van der Waals surface area (Å²) in [5.74, 6) is -0.00724. The van der Waals surface area contributed by atoms with Gasteiger partial charge < -0.3 is 4.79 Å². The van der Waals surface area contributed by atoms with Gasteiger partial charge in [-0.1, -0.05) is 19.1 Å². The van der Waals surface area contributed by atoms with Crippen LogP contribution in [0.25, 0.3) is 0 Å². The second-order valence-electron chi connectivity index (χ2n) is 3.93. The standard InChI is InChI=1S/C12H13F3O/c1-8(7-9(2)16)10-3-5-11(6-4-10)12(13,14)15/h3-6,8H,7H2,1-2H3/t8-/m1/s1. The SMILES string of the molecule is CC(=O)C[C@@H](C)c1ccc(C(F)(F)F)cc1. The molecule has 1 atom stereocenters. The molecule has 1 rings (SSSR count). The van der Waals surface area contributed by atoms with Gasteiger partial charge in [0.2, 0.25) is 0 Å². The molecule has 1 aromatic carbocycles. The molecule has 0 aliphatic carbocycles. The fourth-order valence-electron chi connectivity index (χ4n) is 1.55. The Bertz CT molecular complexity index is 365. The number of benzene rings is 1. The van der Waals surface area contributed by atoms with Gasteiger partial charge >= 0.3 is 6.18 Å². The minimum absolute atomic E-state index is 0.0346. The Morgan fingerprint density at radius 1 is 1.25 bits per heavy atom. The number of ketones is 1. The van der Waals surface area contributed by atoms with E-state index < -0.39 is 11.7 Å². The van der Waals surface area contributed by atoms with E-state index in [9.17, 15) is 18.0 Å². The van der Waals surface area contributed by atoms with Crippen molar-refractivity contribution in [2.45, 2.75) is 32.4 Å². The first-order valence-corrected chi connectivity index (χ1v) is 4.97. The number of halogens is 3. The monoisotopic (exact) mass is 230 g/mol. The number of hydrogen-bond acceptors (Lipinski definition) is 1. The lowest BCUT2D eigenvalue weighted by Crippen LogP contribution is -2.05. The first-order valence-electron chi connectivity index (χ1n) is 4.97. The van der Waals surface area contributed by atoms with Crippen LogP contribution in [-0.2, 0) is 11.0 Å². The zero-order valence-corrected chi connectivity index (χ0v) is 9.14. The fourth-order valence-corrected chi connectivity index (χ4v) is 1.55. The lowest BCUT2D eigenvalue weighted by Gasteiger charge is -2.11. The maximum atomic E-state index is 12.3. The highest BCUT2D eigenvalue weighted by molar-refractivity contribution is 5.76. The van der Waals surface area contributed by atoms with Gasteiger partial charge in [0.05, 0.1) is 5.56 Å². The molecular formula is C12H13F3O. The number of Topliss-reactive ketones (excluding diaryl/α,β-unsaturated/α-hetero) is 1. The maximum absolute atomic E-state index is 12.3. The number of carbonyl (C=O) groups is 1. The lowest BCUT2D eigenvalue weighted by atomic mass is 9.95. The number of rotatable bonds is 3. The van der Waals surface area contributed by atoms with Crippen LogP contribution in [0.3, 0.4) is 0 Å². The zero-order valence-electron chi connectivity index (χ0n) is 9.14. The van der Waals surface area contributed by atoms with Crippen LogP contribution in [0.5, 0.6) is 0 Å². The number of carbonyl (C=O) groups excluding carboxylic acids is 1. The van der Waals surface area contributed by atoms with Crippen LogP contribution in [0.15, 0.2) is 24.3 Å². The lowest BCUT2D eigenvalue weighted by molar-refractivity contribution is -0.137. The molecule has 1 aromatic rings. The largest absolute Gasteiger partial charge is 0.416 e. The average Bonchev–Trinajstić information content (AvgIpc) is 2.15. The van der Waals surface area contributed by atoms with Gasteiger partial charge in [0.15, 0.2) is 0 Å². The Morgan fingerprint density at radius 3 is 2.12 bits per heavy atom. The molecule has 88 valence electrons. The van der Waals surface area contributed by atoms with Crippen molar-refractivity contribution in [2.24, 2.45) is 0 Å². The van der Waals surface area contributed by atoms with E-state index >= 15 is 0 Å². The summed E-state index contributed by atoms with van der Waals surface area (Å²) >= 11 is 0. The first kappa shape index (κ1) is 12.7. The van der Waals surface area contributed by atoms with E-state index in [0.29, 0.717) is 6.42 Å². The van der Waals surface area contributed by atoms with Crippen molar-refractivity contribution in [3.05, 3.63) is 35.4 Å². The highest BCUT2D eigenvalue weighted by atomic mass is 19.4. The molecule has 0 aliphatic rings. The van der Waals surface area contributed by atoms with E-state index in [2.05, 4.69) is 0 Å². The molecule has 0 amide bonds. The van der Waals surface area contributed by atoms with Crippen LogP contribution >= 0.6 is 0 Å². The highest BCUT2D eigenvalue weighted by Gasteiger charge is 2.30. The summed E-state index contributed by atoms with van der Waals surface area (Å²) in [7, 11) is 0. The minimum atomic E-state index is -4.30. The molecule has 0 fully saturated rings. The van der Waals surface area contributed by atoms with Crippen LogP contribution in [0.4, 0.5) is 13.2 Å². The molecule has 0 spiro atoms. The summed E-state index contributed by atoms with van der Waals surface area (Å²) in [4.78, 5) is 10.9. The third-order valence-corrected chi connectivity index (χ3v) is 2.40. The van der Waals surface area contributed by atoms with Gasteiger partial charge in [-0.25, -0.2) is 0 Å². The molecular weight excluding hydrogens is 217 g/mol. The summed E-state index contributed by atoms with van der Waals surface area (Å²) in [5, 5.41) is 0. The van der Waals surface area contributed by atoms with Gasteiger partial charge in [0.25, 0.3) is 0 Å². The van der Waals surface area contributed by atoms with Crippen molar-refractivity contribution in [3.63, 3.8) is 0 Å². The second kappa shape index (κ2) is 4.68. The first-order chi connectivity index (χ1) is 7.30. The van der Waals surface area contributed by atoms with Gasteiger partial charge in [0.1, 0.15) is 5.78 Å². The summed E-state index contributed by atoms with van der Waals surface area (Å²) in [6.45, 7) is 3.30. The smallest absolute Gasteiger partial charge is 0.300 e. The van der Waals surface area contributed by atoms with Crippen molar-refractivity contribution in [1.29, 1.82) is 0 Å². The van der Waals surface area contributed by atoms with E-state index in [1.165, 1.54) is 19.1 Å². The van der Waals surface area contributed by atoms with E-state index in [1.54, 1.807) is 0 Å². The van der Waals surface area contributed by atoms with E-state index in [1.807, 2.05) is 6.92 Å². The van der Waals surface area contributed by atoms with Gasteiger partial charge in [0, 0.05) is 6.42 Å². The maximum Gasteiger partial charge on any atom is 0.416 e. The van der Waals surface area contributed by atoms with Gasteiger partial charge in [-0.05, 0) is 30.5 Å². The number of alkyl halides is 3. The summed E-state index contributed by atoms with van der Waals surface area (Å²) < 4.78 is 36.8. The molecule has 0 unspecified atom stereocenters. The third-order valence-electron chi connectivity index (χ3n) is 2.40. The second-order valence-corrected chi connectivity index (χ2v) is 3.93. The van der Waals surface area contributed by atoms with Crippen molar-refractivity contribution < 1.29 is 18.0 Å². The minimum Gasteiger partial charge on any atom is -0.300 e. The van der Waals surface area contributed by atoms with E-state index in [-0.39, 0.29) is 11.7 Å². The molecule has 0 saturated carbocycles. The van der Waals surface area contributed by atoms with Crippen LogP contribution in [0.1, 0.15) is 37.3 Å². The number of hydrogen-bond donors (Lipinski definition) is 0. The molecule has 4 heteroatoms. The van der Waals surface area contributed by atoms with E-state index in [0.717, 1.165) is 17.7 Å². The molecule has 0 bridgehead atoms. The van der Waals surface area contributed by atoms with Crippen LogP contribution in [-0.4, -0.2) is 5.78 Å². The van der Waals surface area contributed by atoms with Crippen molar-refractivity contribution >= 4 is 5.78 Å². The predicted molar refractivity (Wildman–Crippen MR) is 55.2 cm³/mol. The summed E-state index contributed by atoms with van der Waals surface area (Å²) in [6.07, 6.45) is -3.95. The quantitative estimate of drug-likeness (QED) is 0.772. The fraction of sp³-hybridized carbons (Fsp3) is 0.417. The Balaban J connectivity index is 2.83. The highest BCUT2D eigenvalue weighted by Crippen LogP contribution is 2.30. The molecule has 0 saturated heterocycles. The Labute approximate surface area is 92.3 Å². The molecule has 0 N–H and O–H groups in total. The molecule has 0 aromatic heterocycles. The molecule has 0 radical (unpaired) electrons. The van der Waals surface area contributed by atoms with Crippen LogP contribution in [0, 0.1) is 0 Å². The zero-order chi connectivity index (χ0) is 12.3. The van der Waals surface area contributed by atoms with Crippen LogP contribution < -0.4 is 0 Å². The normalized spacial score (nSPS) is 13.6. The summed E-state index contributed by atoms with van der Waals surface area (Å²) in [5.41, 5.74) is 0.0921. The molecule has 0 aliphatic heterocycles. The third kappa shape index (κ3) is 3.36. The topological polar surface area (TPSA) is 17.1 Å². The van der Waals surface area contributed by atoms with E-state index in [4.69, 9.17) is 0 Å². The van der Waals surface area contributed by atoms with Crippen molar-refractivity contribution in [3.8, 4) is 0 Å². The molecule has 0 heterocycles. The van der Waals surface area contributed by atoms with Gasteiger partial charge in [-0.2, -0.15) is 13.2 Å². The molecule has 1 nitrogen and oxygen atoms in total. The average molecular weight is 230 g/mol.